The van der Waals surface area contributed by atoms with Crippen LogP contribution in [0.3, 0.4) is 0 Å². The van der Waals surface area contributed by atoms with Gasteiger partial charge in [0.1, 0.15) is 6.10 Å². The number of unbranched alkanes of at least 4 members (excludes halogenated alkanes) is 22. The van der Waals surface area contributed by atoms with Crippen LogP contribution in [0, 0.1) is 0 Å². The molecule has 0 spiro atoms. The van der Waals surface area contributed by atoms with Crippen molar-refractivity contribution in [3.8, 4) is 0 Å². The molecule has 294 valence electrons. The summed E-state index contributed by atoms with van der Waals surface area (Å²) in [7, 11) is 0. The molecule has 3 unspecified atom stereocenters. The smallest absolute Gasteiger partial charge is 0.306 e. The van der Waals surface area contributed by atoms with E-state index in [1.807, 2.05) is 0 Å². The van der Waals surface area contributed by atoms with Gasteiger partial charge in [0, 0.05) is 6.42 Å². The lowest BCUT2D eigenvalue weighted by atomic mass is 10.0. The van der Waals surface area contributed by atoms with E-state index < -0.39 is 18.2 Å². The van der Waals surface area contributed by atoms with Crippen molar-refractivity contribution >= 4 is 11.9 Å². The van der Waals surface area contributed by atoms with Gasteiger partial charge in [-0.2, -0.15) is 0 Å². The van der Waals surface area contributed by atoms with Crippen molar-refractivity contribution < 1.29 is 24.5 Å². The van der Waals surface area contributed by atoms with E-state index in [0.29, 0.717) is 19.3 Å². The van der Waals surface area contributed by atoms with Gasteiger partial charge >= 0.3 is 5.97 Å². The molecule has 0 heterocycles. The summed E-state index contributed by atoms with van der Waals surface area (Å²) < 4.78 is 5.85. The van der Waals surface area contributed by atoms with Crippen LogP contribution in [0.4, 0.5) is 0 Å². The summed E-state index contributed by atoms with van der Waals surface area (Å²) >= 11 is 0. The summed E-state index contributed by atoms with van der Waals surface area (Å²) in [6, 6.07) is -0.701. The first-order chi connectivity index (χ1) is 24.5. The average molecular weight is 706 g/mol. The molecule has 0 aromatic carbocycles. The van der Waals surface area contributed by atoms with E-state index in [1.165, 1.54) is 89.9 Å². The number of aliphatic hydroxyl groups excluding tert-OH is 2. The van der Waals surface area contributed by atoms with E-state index in [-0.39, 0.29) is 24.9 Å². The Labute approximate surface area is 310 Å². The molecule has 0 saturated carbocycles. The predicted octanol–water partition coefficient (Wildman–Crippen LogP) is 12.0. The Morgan fingerprint density at radius 1 is 0.560 bits per heavy atom. The number of aliphatic hydroxyl groups is 2. The third kappa shape index (κ3) is 33.5. The maximum absolute atomic E-state index is 13.0. The van der Waals surface area contributed by atoms with E-state index in [2.05, 4.69) is 50.4 Å². The van der Waals surface area contributed by atoms with Crippen molar-refractivity contribution in [3.63, 3.8) is 0 Å². The zero-order valence-electron chi connectivity index (χ0n) is 33.3. The van der Waals surface area contributed by atoms with Gasteiger partial charge in [-0.05, 0) is 64.2 Å². The number of allylic oxidation sites excluding steroid dienone is 4. The molecule has 0 aliphatic rings. The molecule has 0 saturated heterocycles. The van der Waals surface area contributed by atoms with Gasteiger partial charge in [0.15, 0.2) is 0 Å². The minimum atomic E-state index is -0.786. The molecule has 3 N–H and O–H groups in total. The van der Waals surface area contributed by atoms with Crippen molar-refractivity contribution in [1.82, 2.24) is 5.32 Å². The number of rotatable bonds is 38. The summed E-state index contributed by atoms with van der Waals surface area (Å²) in [4.78, 5) is 25.8. The Hall–Kier alpha value is -1.66. The molecule has 6 heteroatoms. The van der Waals surface area contributed by atoms with Crippen LogP contribution in [-0.4, -0.2) is 46.9 Å². The van der Waals surface area contributed by atoms with Crippen LogP contribution in [0.25, 0.3) is 0 Å². The van der Waals surface area contributed by atoms with Crippen LogP contribution in [-0.2, 0) is 14.3 Å². The maximum atomic E-state index is 13.0. The average Bonchev–Trinajstić information content (AvgIpc) is 3.10. The summed E-state index contributed by atoms with van der Waals surface area (Å²) in [5.74, 6) is -0.503. The highest BCUT2D eigenvalue weighted by molar-refractivity contribution is 5.77. The monoisotopic (exact) mass is 706 g/mol. The zero-order valence-corrected chi connectivity index (χ0v) is 33.3. The lowest BCUT2D eigenvalue weighted by molar-refractivity contribution is -0.151. The van der Waals surface area contributed by atoms with E-state index in [4.69, 9.17) is 4.74 Å². The zero-order chi connectivity index (χ0) is 36.8. The summed E-state index contributed by atoms with van der Waals surface area (Å²) in [6.45, 7) is 6.35. The van der Waals surface area contributed by atoms with Gasteiger partial charge in [0.2, 0.25) is 5.91 Å². The van der Waals surface area contributed by atoms with Crippen LogP contribution >= 0.6 is 0 Å². The van der Waals surface area contributed by atoms with E-state index in [9.17, 15) is 19.8 Å². The first-order valence-corrected chi connectivity index (χ1v) is 21.6. The van der Waals surface area contributed by atoms with Gasteiger partial charge < -0.3 is 20.3 Å². The fraction of sp³-hybridized carbons (Fsp3) is 0.864. The third-order valence-electron chi connectivity index (χ3n) is 9.73. The minimum absolute atomic E-state index is 0.0652. The van der Waals surface area contributed by atoms with Gasteiger partial charge in [0.05, 0.1) is 25.2 Å². The third-order valence-corrected chi connectivity index (χ3v) is 9.73. The number of amides is 1. The highest BCUT2D eigenvalue weighted by Gasteiger charge is 2.24. The number of esters is 1. The van der Waals surface area contributed by atoms with Crippen LogP contribution in [0.2, 0.25) is 0 Å². The number of hydrogen-bond acceptors (Lipinski definition) is 5. The highest BCUT2D eigenvalue weighted by Crippen LogP contribution is 2.17. The quantitative estimate of drug-likeness (QED) is 0.0337. The van der Waals surface area contributed by atoms with Crippen molar-refractivity contribution in [2.45, 2.75) is 238 Å². The van der Waals surface area contributed by atoms with Crippen LogP contribution < -0.4 is 5.32 Å². The van der Waals surface area contributed by atoms with Crippen LogP contribution in [0.15, 0.2) is 24.3 Å². The lowest BCUT2D eigenvalue weighted by Gasteiger charge is -2.24. The number of ether oxygens (including phenoxy) is 1. The first-order valence-electron chi connectivity index (χ1n) is 21.6. The minimum Gasteiger partial charge on any atom is -0.462 e. The summed E-state index contributed by atoms with van der Waals surface area (Å²) in [5, 5.41) is 23.5. The standard InChI is InChI=1S/C44H83NO5/c1-4-7-10-13-16-19-21-23-24-27-30-33-36-42(47)41(39-46)45-43(48)38-40(35-32-29-26-18-15-12-9-6-3)50-44(49)37-34-31-28-25-22-20-17-14-11-8-5-2/h12,14-15,17,40-42,46-47H,4-11,13,16,18-39H2,1-3H3,(H,45,48)/b15-12-,17-14-. The molecule has 0 bridgehead atoms. The Morgan fingerprint density at radius 2 is 1.02 bits per heavy atom. The number of nitrogens with one attached hydrogen (secondary N) is 1. The van der Waals surface area contributed by atoms with Crippen molar-refractivity contribution in [1.29, 1.82) is 0 Å². The maximum Gasteiger partial charge on any atom is 0.306 e. The normalized spacial score (nSPS) is 13.6. The molecule has 1 amide bonds. The SMILES string of the molecule is CCC/C=C\CCCCCC(CC(=O)NC(CO)C(O)CCCCCCCCCCCCCC)OC(=O)CCCCCCC/C=C\CCCC. The number of carbonyl (C=O) groups is 2. The summed E-state index contributed by atoms with van der Waals surface area (Å²) in [6.07, 6.45) is 41.0. The first kappa shape index (κ1) is 48.3. The van der Waals surface area contributed by atoms with Gasteiger partial charge in [0.25, 0.3) is 0 Å². The Kier molecular flexibility index (Phi) is 37.3. The van der Waals surface area contributed by atoms with Gasteiger partial charge in [-0.1, -0.05) is 167 Å². The molecule has 0 aliphatic carbocycles. The topological polar surface area (TPSA) is 95.9 Å². The van der Waals surface area contributed by atoms with E-state index in [1.54, 1.807) is 0 Å². The van der Waals surface area contributed by atoms with Crippen LogP contribution in [0.1, 0.15) is 220 Å². The molecule has 3 atom stereocenters. The van der Waals surface area contributed by atoms with Gasteiger partial charge in [-0.3, -0.25) is 9.59 Å². The molecule has 0 aliphatic heterocycles. The largest absolute Gasteiger partial charge is 0.462 e. The second-order valence-electron chi connectivity index (χ2n) is 14.7. The van der Waals surface area contributed by atoms with Crippen molar-refractivity contribution in [3.05, 3.63) is 24.3 Å². The molecular weight excluding hydrogens is 622 g/mol. The second-order valence-corrected chi connectivity index (χ2v) is 14.7. The summed E-state index contributed by atoms with van der Waals surface area (Å²) in [5.41, 5.74) is 0. The highest BCUT2D eigenvalue weighted by atomic mass is 16.5. The Morgan fingerprint density at radius 3 is 1.58 bits per heavy atom. The molecule has 0 aromatic heterocycles. The van der Waals surface area contributed by atoms with Gasteiger partial charge in [-0.15, -0.1) is 0 Å². The Balaban J connectivity index is 4.52. The van der Waals surface area contributed by atoms with Crippen LogP contribution in [0.5, 0.6) is 0 Å². The molecule has 0 radical (unpaired) electrons. The molecular formula is C44H83NO5. The fourth-order valence-electron chi connectivity index (χ4n) is 6.41. The molecule has 0 aromatic rings. The second kappa shape index (κ2) is 38.6. The van der Waals surface area contributed by atoms with E-state index in [0.717, 1.165) is 83.5 Å². The van der Waals surface area contributed by atoms with Crippen molar-refractivity contribution in [2.75, 3.05) is 6.61 Å². The lowest BCUT2D eigenvalue weighted by Crippen LogP contribution is -2.46. The predicted molar refractivity (Wildman–Crippen MR) is 213 cm³/mol. The molecule has 0 rings (SSSR count). The van der Waals surface area contributed by atoms with Crippen molar-refractivity contribution in [2.24, 2.45) is 0 Å². The molecule has 50 heavy (non-hydrogen) atoms. The molecule has 6 nitrogen and oxygen atoms in total. The Bertz CT molecular complexity index is 797. The van der Waals surface area contributed by atoms with E-state index >= 15 is 0 Å². The number of hydrogen-bond donors (Lipinski definition) is 3. The number of carbonyl (C=O) groups excluding carboxylic acids is 2. The van der Waals surface area contributed by atoms with Gasteiger partial charge in [-0.25, -0.2) is 0 Å². The molecule has 0 fully saturated rings. The fourth-order valence-corrected chi connectivity index (χ4v) is 6.41.